The number of nitrogens with zero attached hydrogens (tertiary/aromatic N) is 3. The predicted octanol–water partition coefficient (Wildman–Crippen LogP) is 3.10. The third kappa shape index (κ3) is 5.87. The van der Waals surface area contributed by atoms with E-state index in [9.17, 15) is 9.59 Å². The zero-order chi connectivity index (χ0) is 21.6. The van der Waals surface area contributed by atoms with Crippen LogP contribution in [0.4, 0.5) is 0 Å². The molecule has 2 aliphatic rings. The molecular weight excluding hydrogens is 392 g/mol. The largest absolute Gasteiger partial charge is 0.490 e. The van der Waals surface area contributed by atoms with Gasteiger partial charge in [0.1, 0.15) is 5.75 Å². The highest BCUT2D eigenvalue weighted by atomic mass is 16.5. The topological polar surface area (TPSA) is 76.5 Å². The molecule has 2 heterocycles. The van der Waals surface area contributed by atoms with Gasteiger partial charge in [0, 0.05) is 38.8 Å². The number of rotatable bonds is 7. The van der Waals surface area contributed by atoms with Gasteiger partial charge in [0.2, 0.25) is 5.91 Å². The molecule has 0 atom stereocenters. The average Bonchev–Trinajstić information content (AvgIpc) is 3.44. The van der Waals surface area contributed by atoms with Crippen molar-refractivity contribution in [1.82, 2.24) is 20.0 Å². The van der Waals surface area contributed by atoms with Crippen molar-refractivity contribution in [2.45, 2.75) is 63.5 Å². The van der Waals surface area contributed by atoms with Crippen LogP contribution in [0.5, 0.6) is 5.75 Å². The van der Waals surface area contributed by atoms with E-state index in [2.05, 4.69) is 22.5 Å². The van der Waals surface area contributed by atoms with Crippen LogP contribution in [0.3, 0.4) is 0 Å². The van der Waals surface area contributed by atoms with Gasteiger partial charge in [0.15, 0.2) is 0 Å². The number of hydrogen-bond donors (Lipinski definition) is 1. The first kappa shape index (κ1) is 21.4. The number of hydrogen-bond acceptors (Lipinski definition) is 4. The van der Waals surface area contributed by atoms with E-state index in [0.717, 1.165) is 43.4 Å². The first-order valence-electron chi connectivity index (χ1n) is 11.4. The second-order valence-corrected chi connectivity index (χ2v) is 8.70. The quantitative estimate of drug-likeness (QED) is 0.741. The highest BCUT2D eigenvalue weighted by molar-refractivity contribution is 5.93. The summed E-state index contributed by atoms with van der Waals surface area (Å²) in [4.78, 5) is 26.9. The number of aryl methyl sites for hydroxylation is 2. The number of amides is 2. The van der Waals surface area contributed by atoms with Gasteiger partial charge >= 0.3 is 0 Å². The minimum Gasteiger partial charge on any atom is -0.490 e. The summed E-state index contributed by atoms with van der Waals surface area (Å²) in [5, 5.41) is 7.09. The van der Waals surface area contributed by atoms with Crippen LogP contribution in [-0.2, 0) is 18.3 Å². The number of benzene rings is 1. The van der Waals surface area contributed by atoms with Gasteiger partial charge in [-0.05, 0) is 62.6 Å². The van der Waals surface area contributed by atoms with Gasteiger partial charge < -0.3 is 15.0 Å². The van der Waals surface area contributed by atoms with Crippen molar-refractivity contribution in [3.63, 3.8) is 0 Å². The molecular formula is C24H32N4O3. The molecule has 1 N–H and O–H groups in total. The van der Waals surface area contributed by atoms with Crippen molar-refractivity contribution in [3.05, 3.63) is 47.8 Å². The fourth-order valence-electron chi connectivity index (χ4n) is 4.46. The van der Waals surface area contributed by atoms with Crippen molar-refractivity contribution < 1.29 is 14.3 Å². The lowest BCUT2D eigenvalue weighted by atomic mass is 10.0. The summed E-state index contributed by atoms with van der Waals surface area (Å²) in [6, 6.07) is 8.26. The molecule has 166 valence electrons. The van der Waals surface area contributed by atoms with E-state index in [-0.39, 0.29) is 17.9 Å². The van der Waals surface area contributed by atoms with E-state index < -0.39 is 0 Å². The van der Waals surface area contributed by atoms with Gasteiger partial charge in [-0.15, -0.1) is 0 Å². The molecule has 0 radical (unpaired) electrons. The average molecular weight is 425 g/mol. The first-order valence-corrected chi connectivity index (χ1v) is 11.4. The van der Waals surface area contributed by atoms with E-state index in [1.54, 1.807) is 24.1 Å². The SMILES string of the molecule is Cn1cc(C(=O)NC2CCN(C(=O)CCc3cccc(OC4CCCC4)c3)CC2)cn1. The van der Waals surface area contributed by atoms with Crippen LogP contribution in [0.1, 0.15) is 60.9 Å². The molecule has 4 rings (SSSR count). The first-order chi connectivity index (χ1) is 15.1. The lowest BCUT2D eigenvalue weighted by Crippen LogP contribution is -2.46. The molecule has 2 aromatic rings. The maximum Gasteiger partial charge on any atom is 0.254 e. The van der Waals surface area contributed by atoms with Crippen LogP contribution in [0.2, 0.25) is 0 Å². The fourth-order valence-corrected chi connectivity index (χ4v) is 4.46. The zero-order valence-corrected chi connectivity index (χ0v) is 18.3. The lowest BCUT2D eigenvalue weighted by molar-refractivity contribution is -0.132. The highest BCUT2D eigenvalue weighted by Gasteiger charge is 2.24. The number of aromatic nitrogens is 2. The van der Waals surface area contributed by atoms with E-state index in [1.165, 1.54) is 12.8 Å². The number of likely N-dealkylation sites (tertiary alicyclic amines) is 1. The normalized spacial score (nSPS) is 17.6. The highest BCUT2D eigenvalue weighted by Crippen LogP contribution is 2.25. The van der Waals surface area contributed by atoms with Crippen molar-refractivity contribution in [3.8, 4) is 5.75 Å². The summed E-state index contributed by atoms with van der Waals surface area (Å²) >= 11 is 0. The third-order valence-corrected chi connectivity index (χ3v) is 6.28. The molecule has 0 unspecified atom stereocenters. The van der Waals surface area contributed by atoms with E-state index in [0.29, 0.717) is 31.2 Å². The molecule has 0 bridgehead atoms. The van der Waals surface area contributed by atoms with Crippen LogP contribution in [0.25, 0.3) is 0 Å². The summed E-state index contributed by atoms with van der Waals surface area (Å²) in [7, 11) is 1.79. The summed E-state index contributed by atoms with van der Waals surface area (Å²) in [6.07, 6.45) is 11.2. The van der Waals surface area contributed by atoms with Crippen LogP contribution in [-0.4, -0.2) is 51.7 Å². The van der Waals surface area contributed by atoms with Crippen molar-refractivity contribution >= 4 is 11.8 Å². The molecule has 1 aromatic heterocycles. The van der Waals surface area contributed by atoms with Crippen LogP contribution < -0.4 is 10.1 Å². The smallest absolute Gasteiger partial charge is 0.254 e. The number of carbonyl (C=O) groups is 2. The van der Waals surface area contributed by atoms with E-state index in [4.69, 9.17) is 4.74 Å². The van der Waals surface area contributed by atoms with Gasteiger partial charge in [-0.3, -0.25) is 14.3 Å². The van der Waals surface area contributed by atoms with Crippen LogP contribution in [0.15, 0.2) is 36.7 Å². The molecule has 2 amide bonds. The van der Waals surface area contributed by atoms with Gasteiger partial charge in [0.05, 0.1) is 17.9 Å². The Kier molecular flexibility index (Phi) is 6.89. The minimum absolute atomic E-state index is 0.0983. The molecule has 1 aliphatic heterocycles. The van der Waals surface area contributed by atoms with Crippen molar-refractivity contribution in [1.29, 1.82) is 0 Å². The predicted molar refractivity (Wildman–Crippen MR) is 118 cm³/mol. The van der Waals surface area contributed by atoms with Gasteiger partial charge in [-0.1, -0.05) is 12.1 Å². The van der Waals surface area contributed by atoms with Crippen molar-refractivity contribution in [2.75, 3.05) is 13.1 Å². The number of carbonyl (C=O) groups excluding carboxylic acids is 2. The second-order valence-electron chi connectivity index (χ2n) is 8.70. The van der Waals surface area contributed by atoms with E-state index in [1.807, 2.05) is 17.0 Å². The second kappa shape index (κ2) is 9.98. The standard InChI is InChI=1S/C24H32N4O3/c1-27-17-19(16-25-27)24(30)26-20-11-13-28(14-12-20)23(29)10-9-18-5-4-8-22(15-18)31-21-6-2-3-7-21/h4-5,8,15-17,20-21H,2-3,6-7,9-14H2,1H3,(H,26,30). The Bertz CT molecular complexity index is 896. The Morgan fingerprint density at radius 3 is 2.65 bits per heavy atom. The van der Waals surface area contributed by atoms with Gasteiger partial charge in [-0.2, -0.15) is 5.10 Å². The molecule has 31 heavy (non-hydrogen) atoms. The summed E-state index contributed by atoms with van der Waals surface area (Å²) in [6.45, 7) is 1.36. The molecule has 1 saturated carbocycles. The maximum atomic E-state index is 12.7. The van der Waals surface area contributed by atoms with Crippen LogP contribution >= 0.6 is 0 Å². The molecule has 1 aromatic carbocycles. The maximum absolute atomic E-state index is 12.7. The molecule has 1 saturated heterocycles. The summed E-state index contributed by atoms with van der Waals surface area (Å²) in [5.41, 5.74) is 1.71. The summed E-state index contributed by atoms with van der Waals surface area (Å²) in [5.74, 6) is 0.999. The Balaban J connectivity index is 1.20. The summed E-state index contributed by atoms with van der Waals surface area (Å²) < 4.78 is 7.70. The Hall–Kier alpha value is -2.83. The lowest BCUT2D eigenvalue weighted by Gasteiger charge is -2.32. The molecule has 0 spiro atoms. The van der Waals surface area contributed by atoms with Crippen LogP contribution in [0, 0.1) is 0 Å². The molecule has 2 fully saturated rings. The Labute approximate surface area is 183 Å². The minimum atomic E-state index is -0.0995. The number of ether oxygens (including phenoxy) is 1. The zero-order valence-electron chi connectivity index (χ0n) is 18.3. The van der Waals surface area contributed by atoms with Gasteiger partial charge in [-0.25, -0.2) is 0 Å². The van der Waals surface area contributed by atoms with E-state index >= 15 is 0 Å². The van der Waals surface area contributed by atoms with Crippen molar-refractivity contribution in [2.24, 2.45) is 7.05 Å². The fraction of sp³-hybridized carbons (Fsp3) is 0.542. The Morgan fingerprint density at radius 2 is 1.94 bits per heavy atom. The third-order valence-electron chi connectivity index (χ3n) is 6.28. The monoisotopic (exact) mass is 424 g/mol. The number of nitrogens with one attached hydrogen (secondary N) is 1. The number of piperidine rings is 1. The molecule has 1 aliphatic carbocycles. The Morgan fingerprint density at radius 1 is 1.16 bits per heavy atom. The van der Waals surface area contributed by atoms with Gasteiger partial charge in [0.25, 0.3) is 5.91 Å². The molecule has 7 heteroatoms. The molecule has 7 nitrogen and oxygen atoms in total.